The first-order valence-corrected chi connectivity index (χ1v) is 6.17. The van der Waals surface area contributed by atoms with Gasteiger partial charge < -0.3 is 5.11 Å². The summed E-state index contributed by atoms with van der Waals surface area (Å²) in [6.07, 6.45) is 2.48. The molecule has 0 saturated heterocycles. The van der Waals surface area contributed by atoms with Crippen LogP contribution < -0.4 is 0 Å². The minimum atomic E-state index is -0.425. The molecule has 0 aromatic heterocycles. The van der Waals surface area contributed by atoms with Gasteiger partial charge in [-0.25, -0.2) is 0 Å². The Morgan fingerprint density at radius 1 is 1.10 bits per heavy atom. The molecule has 0 unspecified atom stereocenters. The molecule has 0 aliphatic rings. The molecule has 0 heterocycles. The fraction of sp³-hybridized carbons (Fsp3) is 0.133. The molecule has 20 heavy (non-hydrogen) atoms. The summed E-state index contributed by atoms with van der Waals surface area (Å²) in [6.45, 7) is 0.627. The highest BCUT2D eigenvalue weighted by atomic mass is 16.6. The topological polar surface area (TPSA) is 75.7 Å². The minimum Gasteiger partial charge on any atom is -0.508 e. The highest BCUT2D eigenvalue weighted by Gasteiger charge is 2.02. The number of benzene rings is 2. The summed E-state index contributed by atoms with van der Waals surface area (Å²) in [5, 5.41) is 19.7. The van der Waals surface area contributed by atoms with Crippen molar-refractivity contribution >= 4 is 11.9 Å². The van der Waals surface area contributed by atoms with E-state index in [0.717, 1.165) is 17.5 Å². The van der Waals surface area contributed by atoms with Gasteiger partial charge in [-0.1, -0.05) is 12.1 Å². The molecule has 5 heteroatoms. The Hall–Kier alpha value is -2.69. The van der Waals surface area contributed by atoms with Gasteiger partial charge in [0.2, 0.25) is 0 Å². The van der Waals surface area contributed by atoms with Crippen LogP contribution in [0.2, 0.25) is 0 Å². The van der Waals surface area contributed by atoms with E-state index < -0.39 is 4.92 Å². The van der Waals surface area contributed by atoms with Gasteiger partial charge in [0.15, 0.2) is 0 Å². The van der Waals surface area contributed by atoms with Gasteiger partial charge in [0.05, 0.1) is 4.92 Å². The van der Waals surface area contributed by atoms with Gasteiger partial charge in [-0.2, -0.15) is 0 Å². The second kappa shape index (κ2) is 6.47. The lowest BCUT2D eigenvalue weighted by atomic mass is 10.1. The predicted molar refractivity (Wildman–Crippen MR) is 77.4 cm³/mol. The third kappa shape index (κ3) is 3.91. The van der Waals surface area contributed by atoms with Crippen LogP contribution in [0.25, 0.3) is 0 Å². The maximum Gasteiger partial charge on any atom is 0.269 e. The van der Waals surface area contributed by atoms with Crippen molar-refractivity contribution in [1.82, 2.24) is 0 Å². The summed E-state index contributed by atoms with van der Waals surface area (Å²) in [6, 6.07) is 13.3. The number of aliphatic imine (C=N–C) groups is 1. The molecule has 0 aliphatic carbocycles. The van der Waals surface area contributed by atoms with E-state index in [1.54, 1.807) is 30.5 Å². The van der Waals surface area contributed by atoms with Gasteiger partial charge in [0.25, 0.3) is 5.69 Å². The Kier molecular flexibility index (Phi) is 4.44. The maximum absolute atomic E-state index is 10.5. The zero-order valence-electron chi connectivity index (χ0n) is 10.8. The van der Waals surface area contributed by atoms with E-state index in [4.69, 9.17) is 5.11 Å². The van der Waals surface area contributed by atoms with Crippen molar-refractivity contribution in [3.05, 3.63) is 69.8 Å². The van der Waals surface area contributed by atoms with Crippen LogP contribution in [0, 0.1) is 10.1 Å². The van der Waals surface area contributed by atoms with Gasteiger partial charge in [0, 0.05) is 24.9 Å². The number of rotatable bonds is 5. The van der Waals surface area contributed by atoms with E-state index in [0.29, 0.717) is 6.54 Å². The second-order valence-electron chi connectivity index (χ2n) is 4.30. The lowest BCUT2D eigenvalue weighted by molar-refractivity contribution is -0.384. The van der Waals surface area contributed by atoms with Crippen LogP contribution in [0.1, 0.15) is 11.1 Å². The average molecular weight is 270 g/mol. The number of nitro benzene ring substituents is 1. The fourth-order valence-corrected chi connectivity index (χ4v) is 1.71. The van der Waals surface area contributed by atoms with Crippen LogP contribution in [0.3, 0.4) is 0 Å². The van der Waals surface area contributed by atoms with Gasteiger partial charge in [0.1, 0.15) is 5.75 Å². The second-order valence-corrected chi connectivity index (χ2v) is 4.30. The van der Waals surface area contributed by atoms with Crippen LogP contribution in [-0.2, 0) is 6.42 Å². The number of hydrogen-bond donors (Lipinski definition) is 1. The molecule has 102 valence electrons. The number of hydrogen-bond acceptors (Lipinski definition) is 4. The van der Waals surface area contributed by atoms with Gasteiger partial charge in [-0.3, -0.25) is 15.1 Å². The number of nitro groups is 1. The predicted octanol–water partition coefficient (Wildman–Crippen LogP) is 2.96. The van der Waals surface area contributed by atoms with Gasteiger partial charge in [-0.05, 0) is 41.8 Å². The first kappa shape index (κ1) is 13.7. The molecule has 5 nitrogen and oxygen atoms in total. The van der Waals surface area contributed by atoms with E-state index >= 15 is 0 Å². The summed E-state index contributed by atoms with van der Waals surface area (Å²) in [4.78, 5) is 14.4. The molecule has 2 rings (SSSR count). The minimum absolute atomic E-state index is 0.0752. The highest BCUT2D eigenvalue weighted by molar-refractivity contribution is 5.79. The normalized spacial score (nSPS) is 10.8. The van der Waals surface area contributed by atoms with Crippen LogP contribution >= 0.6 is 0 Å². The Morgan fingerprint density at radius 3 is 2.35 bits per heavy atom. The molecule has 0 fully saturated rings. The molecule has 2 aromatic rings. The third-order valence-electron chi connectivity index (χ3n) is 2.81. The number of phenolic OH excluding ortho intramolecular Hbond substituents is 1. The smallest absolute Gasteiger partial charge is 0.269 e. The van der Waals surface area contributed by atoms with Crippen molar-refractivity contribution in [3.8, 4) is 5.75 Å². The summed E-state index contributed by atoms with van der Waals surface area (Å²) in [5.41, 5.74) is 2.01. The summed E-state index contributed by atoms with van der Waals surface area (Å²) >= 11 is 0. The van der Waals surface area contributed by atoms with E-state index in [-0.39, 0.29) is 11.4 Å². The lowest BCUT2D eigenvalue weighted by Gasteiger charge is -1.98. The SMILES string of the molecule is O=[N+]([O-])c1ccc(C=NCCc2ccc(O)cc2)cc1. The Morgan fingerprint density at radius 2 is 1.75 bits per heavy atom. The average Bonchev–Trinajstić information content (AvgIpc) is 2.46. The number of non-ortho nitro benzene ring substituents is 1. The molecular weight excluding hydrogens is 256 g/mol. The lowest BCUT2D eigenvalue weighted by Crippen LogP contribution is -1.91. The summed E-state index contributed by atoms with van der Waals surface area (Å²) in [5.74, 6) is 0.253. The Bertz CT molecular complexity index is 604. The molecule has 0 atom stereocenters. The first-order valence-electron chi connectivity index (χ1n) is 6.17. The molecule has 0 spiro atoms. The van der Waals surface area contributed by atoms with Crippen molar-refractivity contribution in [2.75, 3.05) is 6.54 Å². The van der Waals surface area contributed by atoms with E-state index in [1.807, 2.05) is 12.1 Å². The molecule has 0 aliphatic heterocycles. The zero-order valence-corrected chi connectivity index (χ0v) is 10.8. The maximum atomic E-state index is 10.5. The number of aromatic hydroxyl groups is 1. The van der Waals surface area contributed by atoms with Crippen molar-refractivity contribution in [1.29, 1.82) is 0 Å². The molecule has 0 amide bonds. The summed E-state index contributed by atoms with van der Waals surface area (Å²) < 4.78 is 0. The van der Waals surface area contributed by atoms with Gasteiger partial charge >= 0.3 is 0 Å². The highest BCUT2D eigenvalue weighted by Crippen LogP contribution is 2.11. The molecule has 0 bridgehead atoms. The van der Waals surface area contributed by atoms with E-state index in [1.165, 1.54) is 12.1 Å². The van der Waals surface area contributed by atoms with Crippen LogP contribution in [0.4, 0.5) is 5.69 Å². The Labute approximate surface area is 116 Å². The van der Waals surface area contributed by atoms with Crippen LogP contribution in [0.5, 0.6) is 5.75 Å². The van der Waals surface area contributed by atoms with Crippen molar-refractivity contribution < 1.29 is 10.0 Å². The number of phenols is 1. The van der Waals surface area contributed by atoms with Crippen LogP contribution in [0.15, 0.2) is 53.5 Å². The molecule has 0 radical (unpaired) electrons. The Balaban J connectivity index is 1.87. The van der Waals surface area contributed by atoms with E-state index in [9.17, 15) is 10.1 Å². The summed E-state index contributed by atoms with van der Waals surface area (Å²) in [7, 11) is 0. The zero-order chi connectivity index (χ0) is 14.4. The molecule has 2 aromatic carbocycles. The van der Waals surface area contributed by atoms with Crippen molar-refractivity contribution in [2.24, 2.45) is 4.99 Å². The molecule has 1 N–H and O–H groups in total. The monoisotopic (exact) mass is 270 g/mol. The quantitative estimate of drug-likeness (QED) is 0.515. The molecule has 0 saturated carbocycles. The van der Waals surface area contributed by atoms with Crippen molar-refractivity contribution in [3.63, 3.8) is 0 Å². The van der Waals surface area contributed by atoms with Gasteiger partial charge in [-0.15, -0.1) is 0 Å². The largest absolute Gasteiger partial charge is 0.508 e. The third-order valence-corrected chi connectivity index (χ3v) is 2.81. The first-order chi connectivity index (χ1) is 9.65. The molecular formula is C15H14N2O3. The van der Waals surface area contributed by atoms with E-state index in [2.05, 4.69) is 4.99 Å². The standard InChI is InChI=1S/C15H14N2O3/c18-15-7-3-12(4-8-15)9-10-16-11-13-1-5-14(6-2-13)17(19)20/h1-8,11,18H,9-10H2. The van der Waals surface area contributed by atoms with Crippen molar-refractivity contribution in [2.45, 2.75) is 6.42 Å². The number of nitrogens with zero attached hydrogens (tertiary/aromatic N) is 2. The fourth-order valence-electron chi connectivity index (χ4n) is 1.71. The van der Waals surface area contributed by atoms with Crippen LogP contribution in [-0.4, -0.2) is 22.8 Å².